The van der Waals surface area contributed by atoms with E-state index in [2.05, 4.69) is 19.9 Å². The summed E-state index contributed by atoms with van der Waals surface area (Å²) in [6.07, 6.45) is 8.71. The van der Waals surface area contributed by atoms with Gasteiger partial charge in [-0.05, 0) is 49.9 Å². The number of fused-ring (bicyclic) bond motifs is 3. The summed E-state index contributed by atoms with van der Waals surface area (Å²) in [5, 5.41) is 10.0. The number of aliphatic carboxylic acids is 1. The summed E-state index contributed by atoms with van der Waals surface area (Å²) in [6, 6.07) is 0. The molecule has 3 fully saturated rings. The SMILES string of the molecule is C[C@@H]1C2CC[C@@]3(C(=O)O)CCCC=C3C2(C)CCC12OCCO2. The van der Waals surface area contributed by atoms with Gasteiger partial charge in [-0.25, -0.2) is 0 Å². The quantitative estimate of drug-likeness (QED) is 0.748. The Labute approximate surface area is 138 Å². The predicted octanol–water partition coefficient (Wildman–Crippen LogP) is 3.76. The van der Waals surface area contributed by atoms with Crippen LogP contribution in [-0.4, -0.2) is 30.1 Å². The first-order valence-corrected chi connectivity index (χ1v) is 9.17. The Morgan fingerprint density at radius 3 is 2.65 bits per heavy atom. The standard InChI is InChI=1S/C19H28O4/c1-13-14-6-8-18(16(20)21)7-4-3-5-15(18)17(14,2)9-10-19(13)22-11-12-23-19/h5,13-14H,3-4,6-12H2,1-2H3,(H,20,21)/t13-,14?,17?,18+/m1/s1. The molecule has 0 aromatic heterocycles. The average Bonchev–Trinajstić information content (AvgIpc) is 3.02. The van der Waals surface area contributed by atoms with Crippen LogP contribution in [0.4, 0.5) is 0 Å². The molecule has 0 aromatic rings. The van der Waals surface area contributed by atoms with Crippen molar-refractivity contribution in [1.82, 2.24) is 0 Å². The molecule has 1 heterocycles. The third-order valence-corrected chi connectivity index (χ3v) is 7.46. The van der Waals surface area contributed by atoms with Gasteiger partial charge in [-0.15, -0.1) is 0 Å². The molecule has 0 amide bonds. The van der Waals surface area contributed by atoms with Crippen molar-refractivity contribution in [2.45, 2.75) is 64.6 Å². The molecule has 0 bridgehead atoms. The van der Waals surface area contributed by atoms with Crippen molar-refractivity contribution in [2.75, 3.05) is 13.2 Å². The van der Waals surface area contributed by atoms with Gasteiger partial charge in [0.05, 0.1) is 18.6 Å². The molecule has 128 valence electrons. The van der Waals surface area contributed by atoms with Crippen molar-refractivity contribution < 1.29 is 19.4 Å². The molecule has 2 saturated carbocycles. The Morgan fingerprint density at radius 2 is 1.96 bits per heavy atom. The molecule has 3 aliphatic carbocycles. The normalized spacial score (nSPS) is 45.2. The second kappa shape index (κ2) is 5.06. The van der Waals surface area contributed by atoms with Gasteiger partial charge in [0.15, 0.2) is 5.79 Å². The largest absolute Gasteiger partial charge is 0.481 e. The van der Waals surface area contributed by atoms with Gasteiger partial charge in [-0.2, -0.15) is 0 Å². The zero-order chi connectivity index (χ0) is 16.3. The van der Waals surface area contributed by atoms with E-state index in [9.17, 15) is 9.90 Å². The zero-order valence-corrected chi connectivity index (χ0v) is 14.3. The molecule has 4 rings (SSSR count). The zero-order valence-electron chi connectivity index (χ0n) is 14.3. The van der Waals surface area contributed by atoms with Crippen LogP contribution >= 0.6 is 0 Å². The molecule has 0 aromatic carbocycles. The van der Waals surface area contributed by atoms with E-state index in [1.807, 2.05) is 0 Å². The van der Waals surface area contributed by atoms with Crippen LogP contribution < -0.4 is 0 Å². The predicted molar refractivity (Wildman–Crippen MR) is 85.9 cm³/mol. The smallest absolute Gasteiger partial charge is 0.313 e. The maximum Gasteiger partial charge on any atom is 0.313 e. The number of ether oxygens (including phenoxy) is 2. The van der Waals surface area contributed by atoms with E-state index >= 15 is 0 Å². The van der Waals surface area contributed by atoms with Gasteiger partial charge in [0.2, 0.25) is 0 Å². The van der Waals surface area contributed by atoms with Crippen LogP contribution in [0.3, 0.4) is 0 Å². The molecule has 1 aliphatic heterocycles. The molecular formula is C19H28O4. The van der Waals surface area contributed by atoms with E-state index < -0.39 is 17.2 Å². The topological polar surface area (TPSA) is 55.8 Å². The minimum Gasteiger partial charge on any atom is -0.481 e. The number of carboxylic acid groups (broad SMARTS) is 1. The van der Waals surface area contributed by atoms with E-state index in [4.69, 9.17) is 9.47 Å². The molecule has 2 unspecified atom stereocenters. The maximum absolute atomic E-state index is 12.2. The van der Waals surface area contributed by atoms with Gasteiger partial charge < -0.3 is 14.6 Å². The summed E-state index contributed by atoms with van der Waals surface area (Å²) in [4.78, 5) is 12.2. The Morgan fingerprint density at radius 1 is 1.22 bits per heavy atom. The van der Waals surface area contributed by atoms with Crippen molar-refractivity contribution in [3.63, 3.8) is 0 Å². The first-order valence-electron chi connectivity index (χ1n) is 9.17. The lowest BCUT2D eigenvalue weighted by Gasteiger charge is -2.60. The molecule has 1 N–H and O–H groups in total. The van der Waals surface area contributed by atoms with E-state index in [0.717, 1.165) is 44.9 Å². The minimum absolute atomic E-state index is 0.0168. The Kier molecular flexibility index (Phi) is 3.44. The molecule has 0 radical (unpaired) electrons. The van der Waals surface area contributed by atoms with Crippen molar-refractivity contribution in [3.8, 4) is 0 Å². The number of hydrogen-bond acceptors (Lipinski definition) is 3. The fourth-order valence-electron chi connectivity index (χ4n) is 6.24. The van der Waals surface area contributed by atoms with Crippen LogP contribution in [0.2, 0.25) is 0 Å². The van der Waals surface area contributed by atoms with E-state index in [-0.39, 0.29) is 5.41 Å². The van der Waals surface area contributed by atoms with Crippen molar-refractivity contribution in [3.05, 3.63) is 11.6 Å². The fraction of sp³-hybridized carbons (Fsp3) is 0.842. The first kappa shape index (κ1) is 15.6. The van der Waals surface area contributed by atoms with Gasteiger partial charge in [-0.3, -0.25) is 4.79 Å². The van der Waals surface area contributed by atoms with Crippen LogP contribution in [0.25, 0.3) is 0 Å². The highest BCUT2D eigenvalue weighted by molar-refractivity contribution is 5.80. The lowest BCUT2D eigenvalue weighted by Crippen LogP contribution is -2.58. The average molecular weight is 320 g/mol. The monoisotopic (exact) mass is 320 g/mol. The van der Waals surface area contributed by atoms with E-state index in [1.165, 1.54) is 5.57 Å². The van der Waals surface area contributed by atoms with Crippen LogP contribution in [0.5, 0.6) is 0 Å². The molecular weight excluding hydrogens is 292 g/mol. The van der Waals surface area contributed by atoms with Crippen LogP contribution in [-0.2, 0) is 14.3 Å². The Bertz CT molecular complexity index is 548. The molecule has 4 aliphatic rings. The number of carboxylic acids is 1. The van der Waals surface area contributed by atoms with E-state index in [1.54, 1.807) is 0 Å². The highest BCUT2D eigenvalue weighted by atomic mass is 16.7. The van der Waals surface area contributed by atoms with Crippen molar-refractivity contribution >= 4 is 5.97 Å². The molecule has 1 spiro atoms. The summed E-state index contributed by atoms with van der Waals surface area (Å²) < 4.78 is 12.1. The summed E-state index contributed by atoms with van der Waals surface area (Å²) in [5.41, 5.74) is 0.599. The number of rotatable bonds is 1. The van der Waals surface area contributed by atoms with Gasteiger partial charge in [0, 0.05) is 12.3 Å². The lowest BCUT2D eigenvalue weighted by molar-refractivity contribution is -0.244. The fourth-order valence-corrected chi connectivity index (χ4v) is 6.24. The second-order valence-electron chi connectivity index (χ2n) is 8.26. The van der Waals surface area contributed by atoms with Gasteiger partial charge in [0.25, 0.3) is 0 Å². The molecule has 1 saturated heterocycles. The minimum atomic E-state index is -0.607. The summed E-state index contributed by atoms with van der Waals surface area (Å²) in [6.45, 7) is 5.94. The third kappa shape index (κ3) is 1.94. The lowest BCUT2D eigenvalue weighted by atomic mass is 9.46. The molecule has 23 heavy (non-hydrogen) atoms. The first-order chi connectivity index (χ1) is 10.9. The van der Waals surface area contributed by atoms with Crippen LogP contribution in [0.15, 0.2) is 11.6 Å². The number of carbonyl (C=O) groups is 1. The van der Waals surface area contributed by atoms with Crippen molar-refractivity contribution in [1.29, 1.82) is 0 Å². The maximum atomic E-state index is 12.2. The van der Waals surface area contributed by atoms with Gasteiger partial charge in [-0.1, -0.05) is 25.5 Å². The summed E-state index contributed by atoms with van der Waals surface area (Å²) in [7, 11) is 0. The number of allylic oxidation sites excluding steroid dienone is 1. The number of hydrogen-bond donors (Lipinski definition) is 1. The van der Waals surface area contributed by atoms with Gasteiger partial charge >= 0.3 is 5.97 Å². The van der Waals surface area contributed by atoms with Crippen LogP contribution in [0, 0.1) is 22.7 Å². The Hall–Kier alpha value is -0.870. The summed E-state index contributed by atoms with van der Waals surface area (Å²) in [5.74, 6) is -0.253. The third-order valence-electron chi connectivity index (χ3n) is 7.46. The summed E-state index contributed by atoms with van der Waals surface area (Å²) >= 11 is 0. The molecule has 4 heteroatoms. The van der Waals surface area contributed by atoms with E-state index in [0.29, 0.717) is 25.0 Å². The van der Waals surface area contributed by atoms with Gasteiger partial charge in [0.1, 0.15) is 0 Å². The Balaban J connectivity index is 1.74. The van der Waals surface area contributed by atoms with Crippen molar-refractivity contribution in [2.24, 2.45) is 22.7 Å². The van der Waals surface area contributed by atoms with Crippen LogP contribution in [0.1, 0.15) is 58.8 Å². The molecule has 4 atom stereocenters. The highest BCUT2D eigenvalue weighted by Crippen LogP contribution is 2.65. The molecule has 4 nitrogen and oxygen atoms in total. The second-order valence-corrected chi connectivity index (χ2v) is 8.26. The highest BCUT2D eigenvalue weighted by Gasteiger charge is 2.62.